The van der Waals surface area contributed by atoms with Crippen LogP contribution in [0.4, 0.5) is 17.1 Å². The van der Waals surface area contributed by atoms with Crippen molar-refractivity contribution in [1.29, 1.82) is 0 Å². The number of nitrogens with one attached hydrogen (secondary N) is 1. The van der Waals surface area contributed by atoms with Gasteiger partial charge < -0.3 is 18.9 Å². The normalized spacial score (nSPS) is 11.2. The molecule has 0 aliphatic carbocycles. The molecule has 0 saturated carbocycles. The largest absolute Gasteiger partial charge is 0.490 e. The van der Waals surface area contributed by atoms with E-state index in [1.54, 1.807) is 16.7 Å². The van der Waals surface area contributed by atoms with Gasteiger partial charge in [-0.25, -0.2) is 0 Å². The van der Waals surface area contributed by atoms with Gasteiger partial charge in [0, 0.05) is 27.8 Å². The maximum Gasteiger partial charge on any atom is 0.309 e. The molecule has 0 aromatic heterocycles. The number of carbonyl (C=O) groups is 4. The van der Waals surface area contributed by atoms with Crippen LogP contribution in [0, 0.1) is 13.8 Å². The number of ether oxygens (including phenoxy) is 4. The molecule has 10 nitrogen and oxygen atoms in total. The van der Waals surface area contributed by atoms with E-state index in [-0.39, 0.29) is 16.8 Å². The molecule has 4 rings (SSSR count). The number of hydrogen-bond acceptors (Lipinski definition) is 8. The standard InChI is InChI=1S/C34H32N2O8/c1-20-12-16-23(17-13-20)35-30(22-10-8-7-9-11-22)36(24-18-14-21(2)15-19-24)29-27(33(39)43-5)25(31(37)41-3)26(32(38)42-4)28(29)34(40)44-6/h7-19,35H,1-6H3. The second-order valence-electron chi connectivity index (χ2n) is 9.69. The molecule has 0 unspecified atom stereocenters. The number of nitrogens with zero attached hydrogens (tertiary/aromatic N) is 1. The molecule has 0 aliphatic heterocycles. The van der Waals surface area contributed by atoms with Crippen LogP contribution in [0.1, 0.15) is 58.1 Å². The SMILES string of the molecule is COC(=O)c1c(C(=O)OC)c(C(=O)OC)[c-]([N+](=C(Nc2ccc(C)cc2)c2ccccc2)c2ccc(C)cc2)c1C(=O)OC. The lowest BCUT2D eigenvalue weighted by Gasteiger charge is -2.21. The maximum absolute atomic E-state index is 13.6. The number of carbonyl (C=O) groups excluding carboxylic acids is 4. The number of hydrogen-bond donors (Lipinski definition) is 1. The van der Waals surface area contributed by atoms with Gasteiger partial charge in [-0.1, -0.05) is 65.7 Å². The molecule has 0 atom stereocenters. The van der Waals surface area contributed by atoms with Crippen molar-refractivity contribution in [2.24, 2.45) is 0 Å². The third-order valence-corrected chi connectivity index (χ3v) is 6.88. The highest BCUT2D eigenvalue weighted by atomic mass is 16.5. The molecule has 0 amide bonds. The van der Waals surface area contributed by atoms with E-state index >= 15 is 0 Å². The zero-order valence-electron chi connectivity index (χ0n) is 25.2. The highest BCUT2D eigenvalue weighted by Gasteiger charge is 2.38. The van der Waals surface area contributed by atoms with Gasteiger partial charge in [0.15, 0.2) is 0 Å². The maximum atomic E-state index is 13.6. The van der Waals surface area contributed by atoms with E-state index in [0.29, 0.717) is 22.8 Å². The first-order valence-corrected chi connectivity index (χ1v) is 13.5. The summed E-state index contributed by atoms with van der Waals surface area (Å²) in [5.41, 5.74) is 1.85. The number of methoxy groups -OCH3 is 4. The van der Waals surface area contributed by atoms with E-state index in [2.05, 4.69) is 5.32 Å². The summed E-state index contributed by atoms with van der Waals surface area (Å²) in [5, 5.41) is 3.42. The lowest BCUT2D eigenvalue weighted by atomic mass is 10.1. The van der Waals surface area contributed by atoms with Gasteiger partial charge in [-0.2, -0.15) is 0 Å². The van der Waals surface area contributed by atoms with E-state index < -0.39 is 35.0 Å². The second kappa shape index (κ2) is 13.6. The third-order valence-electron chi connectivity index (χ3n) is 6.88. The quantitative estimate of drug-likeness (QED) is 0.0696. The number of benzene rings is 3. The molecule has 0 aliphatic rings. The molecule has 226 valence electrons. The fourth-order valence-corrected chi connectivity index (χ4v) is 4.74. The first-order chi connectivity index (χ1) is 21.2. The van der Waals surface area contributed by atoms with Crippen molar-refractivity contribution in [1.82, 2.24) is 4.58 Å². The minimum absolute atomic E-state index is 0.146. The fourth-order valence-electron chi connectivity index (χ4n) is 4.74. The molecule has 4 aromatic rings. The van der Waals surface area contributed by atoms with Crippen molar-refractivity contribution in [3.05, 3.63) is 118 Å². The predicted molar refractivity (Wildman–Crippen MR) is 165 cm³/mol. The van der Waals surface area contributed by atoms with Crippen LogP contribution < -0.4 is 9.89 Å². The van der Waals surface area contributed by atoms with Crippen LogP contribution in [0.2, 0.25) is 0 Å². The van der Waals surface area contributed by atoms with E-state index in [9.17, 15) is 19.2 Å². The number of aryl methyl sites for hydroxylation is 2. The van der Waals surface area contributed by atoms with Gasteiger partial charge in [-0.3, -0.25) is 29.1 Å². The lowest BCUT2D eigenvalue weighted by Crippen LogP contribution is -2.28. The van der Waals surface area contributed by atoms with Crippen LogP contribution in [-0.4, -0.2) is 58.2 Å². The van der Waals surface area contributed by atoms with Crippen molar-refractivity contribution in [2.75, 3.05) is 33.8 Å². The Kier molecular flexibility index (Phi) is 9.64. The molecule has 0 saturated heterocycles. The molecule has 1 N–H and O–H groups in total. The first-order valence-electron chi connectivity index (χ1n) is 13.5. The van der Waals surface area contributed by atoms with E-state index in [0.717, 1.165) is 39.6 Å². The van der Waals surface area contributed by atoms with Crippen molar-refractivity contribution in [2.45, 2.75) is 13.8 Å². The molecule has 0 bridgehead atoms. The summed E-state index contributed by atoms with van der Waals surface area (Å²) in [7, 11) is 4.43. The van der Waals surface area contributed by atoms with Gasteiger partial charge in [-0.15, -0.1) is 0 Å². The summed E-state index contributed by atoms with van der Waals surface area (Å²) in [5.74, 6) is -3.73. The smallest absolute Gasteiger partial charge is 0.309 e. The summed E-state index contributed by atoms with van der Waals surface area (Å²) < 4.78 is 21.8. The Morgan fingerprint density at radius 1 is 0.591 bits per heavy atom. The van der Waals surface area contributed by atoms with Crippen LogP contribution in [0.25, 0.3) is 0 Å². The predicted octanol–water partition coefficient (Wildman–Crippen LogP) is 5.56. The van der Waals surface area contributed by atoms with E-state index in [1.807, 2.05) is 80.6 Å². The highest BCUT2D eigenvalue weighted by Crippen LogP contribution is 2.40. The lowest BCUT2D eigenvalue weighted by molar-refractivity contribution is 0.0530. The number of esters is 4. The van der Waals surface area contributed by atoms with Gasteiger partial charge in [0.1, 0.15) is 5.69 Å². The zero-order valence-corrected chi connectivity index (χ0v) is 25.2. The molecule has 10 heteroatoms. The third kappa shape index (κ3) is 6.10. The Hall–Kier alpha value is -5.64. The average molecular weight is 597 g/mol. The van der Waals surface area contributed by atoms with Crippen LogP contribution in [-0.2, 0) is 18.9 Å². The van der Waals surface area contributed by atoms with Crippen molar-refractivity contribution in [3.63, 3.8) is 0 Å². The minimum atomic E-state index is -1.06. The van der Waals surface area contributed by atoms with Gasteiger partial charge in [0.25, 0.3) is 11.9 Å². The number of rotatable bonds is 8. The average Bonchev–Trinajstić information content (AvgIpc) is 3.40. The molecule has 0 radical (unpaired) electrons. The summed E-state index contributed by atoms with van der Waals surface area (Å²) in [6.45, 7) is 3.87. The Morgan fingerprint density at radius 3 is 1.45 bits per heavy atom. The minimum Gasteiger partial charge on any atom is -0.490 e. The molecule has 0 spiro atoms. The van der Waals surface area contributed by atoms with Crippen molar-refractivity contribution in [3.8, 4) is 0 Å². The van der Waals surface area contributed by atoms with Crippen molar-refractivity contribution >= 4 is 46.8 Å². The van der Waals surface area contributed by atoms with Gasteiger partial charge in [0.05, 0.1) is 39.8 Å². The Morgan fingerprint density at radius 2 is 1.02 bits per heavy atom. The van der Waals surface area contributed by atoms with E-state index in [4.69, 9.17) is 18.9 Å². The molecule has 4 aromatic carbocycles. The fraction of sp³-hybridized carbons (Fsp3) is 0.176. The first kappa shape index (κ1) is 31.3. The number of amidine groups is 1. The molecule has 0 fully saturated rings. The van der Waals surface area contributed by atoms with Gasteiger partial charge >= 0.3 is 11.9 Å². The monoisotopic (exact) mass is 596 g/mol. The highest BCUT2D eigenvalue weighted by molar-refractivity contribution is 6.23. The summed E-state index contributed by atoms with van der Waals surface area (Å²) in [6.07, 6.45) is 0. The molecule has 0 heterocycles. The Bertz CT molecular complexity index is 1680. The topological polar surface area (TPSA) is 120 Å². The summed E-state index contributed by atoms with van der Waals surface area (Å²) in [6, 6.07) is 24.0. The summed E-state index contributed by atoms with van der Waals surface area (Å²) in [4.78, 5) is 53.9. The second-order valence-corrected chi connectivity index (χ2v) is 9.69. The molecular formula is C34H32N2O8. The van der Waals surface area contributed by atoms with Crippen LogP contribution in [0.3, 0.4) is 0 Å². The number of anilines is 1. The van der Waals surface area contributed by atoms with Crippen LogP contribution in [0.5, 0.6) is 0 Å². The van der Waals surface area contributed by atoms with Gasteiger partial charge in [-0.05, 0) is 38.1 Å². The Balaban J connectivity index is 2.33. The Labute approximate surface area is 254 Å². The van der Waals surface area contributed by atoms with Crippen molar-refractivity contribution < 1.29 is 38.1 Å². The van der Waals surface area contributed by atoms with E-state index in [1.165, 1.54) is 0 Å². The zero-order chi connectivity index (χ0) is 32.0. The van der Waals surface area contributed by atoms with Crippen LogP contribution in [0.15, 0.2) is 78.9 Å². The molecule has 44 heavy (non-hydrogen) atoms. The summed E-state index contributed by atoms with van der Waals surface area (Å²) >= 11 is 0. The molecular weight excluding hydrogens is 564 g/mol. The van der Waals surface area contributed by atoms with Gasteiger partial charge in [0.2, 0.25) is 5.84 Å². The van der Waals surface area contributed by atoms with Crippen LogP contribution >= 0.6 is 0 Å².